The van der Waals surface area contributed by atoms with Crippen LogP contribution in [0.25, 0.3) is 0 Å². The van der Waals surface area contributed by atoms with Gasteiger partial charge in [-0.2, -0.15) is 0 Å². The summed E-state index contributed by atoms with van der Waals surface area (Å²) >= 11 is 0. The maximum Gasteiger partial charge on any atom is 0.220 e. The minimum absolute atomic E-state index is 0.203. The van der Waals surface area contributed by atoms with Crippen LogP contribution < -0.4 is 5.32 Å². The molecule has 4 heteroatoms. The number of aliphatic hydroxyl groups is 2. The molecule has 0 bridgehead atoms. The van der Waals surface area contributed by atoms with Crippen molar-refractivity contribution < 1.29 is 16.4 Å². The van der Waals surface area contributed by atoms with Gasteiger partial charge in [-0.25, -0.2) is 0 Å². The van der Waals surface area contributed by atoms with Crippen molar-refractivity contribution in [3.8, 4) is 0 Å². The molecule has 0 aromatic heterocycles. The Balaban J connectivity index is 3.85. The van der Waals surface area contributed by atoms with Crippen LogP contribution in [-0.2, 0) is 4.79 Å². The maximum absolute atomic E-state index is 12.0. The van der Waals surface area contributed by atoms with Crippen molar-refractivity contribution in [3.63, 3.8) is 0 Å². The van der Waals surface area contributed by atoms with E-state index in [1.165, 1.54) is 70.6 Å². The predicted molar refractivity (Wildman–Crippen MR) is 129 cm³/mol. The number of allylic oxidation sites excluding steroid dienone is 1. The van der Waals surface area contributed by atoms with E-state index in [1.54, 1.807) is 6.08 Å². The highest BCUT2D eigenvalue weighted by Gasteiger charge is 2.17. The second-order valence-electron chi connectivity index (χ2n) is 8.65. The number of carbonyl (C=O) groups is 1. The van der Waals surface area contributed by atoms with Crippen molar-refractivity contribution in [2.75, 3.05) is 6.58 Å². The Morgan fingerprint density at radius 1 is 0.833 bits per heavy atom. The van der Waals surface area contributed by atoms with Gasteiger partial charge in [0.05, 0.1) is 20.1 Å². The Kier molecular flexibility index (Phi) is 20.7. The number of amides is 1. The van der Waals surface area contributed by atoms with Gasteiger partial charge in [0.15, 0.2) is 0 Å². The second-order valence-corrected chi connectivity index (χ2v) is 8.65. The molecule has 0 saturated heterocycles. The van der Waals surface area contributed by atoms with Gasteiger partial charge in [0.2, 0.25) is 5.91 Å². The Hall–Kier alpha value is -0.870. The lowest BCUT2D eigenvalue weighted by Crippen LogP contribution is -2.45. The molecule has 0 saturated carbocycles. The molecular weight excluding hydrogens is 374 g/mol. The van der Waals surface area contributed by atoms with Crippen LogP contribution in [0.3, 0.4) is 0 Å². The number of unbranched alkanes of at least 4 members (excludes halogenated alkanes) is 15. The molecule has 0 aromatic rings. The third-order valence-electron chi connectivity index (χ3n) is 5.67. The van der Waals surface area contributed by atoms with E-state index >= 15 is 0 Å². The molecule has 0 heterocycles. The highest BCUT2D eigenvalue weighted by atomic mass is 16.3. The lowest BCUT2D eigenvalue weighted by Gasteiger charge is -2.20. The lowest BCUT2D eigenvalue weighted by atomic mass is 10.0. The molecule has 0 radical (unpaired) electrons. The van der Waals surface area contributed by atoms with E-state index in [1.807, 2.05) is 6.08 Å². The van der Waals surface area contributed by atoms with Crippen LogP contribution in [-0.4, -0.2) is 34.8 Å². The van der Waals surface area contributed by atoms with E-state index in [-0.39, 0.29) is 5.91 Å². The van der Waals surface area contributed by atoms with Gasteiger partial charge in [-0.1, -0.05) is 116 Å². The third kappa shape index (κ3) is 19.1. The highest BCUT2D eigenvalue weighted by molar-refractivity contribution is 5.76. The van der Waals surface area contributed by atoms with Gasteiger partial charge < -0.3 is 15.5 Å². The molecule has 0 aliphatic heterocycles. The first-order valence-electron chi connectivity index (χ1n) is 13.3. The first-order chi connectivity index (χ1) is 15.0. The summed E-state index contributed by atoms with van der Waals surface area (Å²) in [5.74, 6) is -0.203. The summed E-state index contributed by atoms with van der Waals surface area (Å²) in [6.07, 6.45) is 23.4. The highest BCUT2D eigenvalue weighted by Crippen LogP contribution is 2.12. The fraction of sp³-hybridized carbons (Fsp3) is 0.885. The second kappa shape index (κ2) is 22.8. The average molecular weight is 427 g/mol. The van der Waals surface area contributed by atoms with Crippen LogP contribution in [0.2, 0.25) is 0 Å². The minimum Gasteiger partial charge on any atom is -0.394 e. The number of hydrogen-bond acceptors (Lipinski definition) is 3. The molecule has 0 aliphatic rings. The predicted octanol–water partition coefficient (Wildman–Crippen LogP) is 6.44. The summed E-state index contributed by atoms with van der Waals surface area (Å²) in [6.45, 7) is 2.87. The van der Waals surface area contributed by atoms with Crippen molar-refractivity contribution in [1.29, 1.82) is 0 Å². The summed E-state index contributed by atoms with van der Waals surface area (Å²) < 4.78 is 7.55. The van der Waals surface area contributed by atoms with E-state index in [4.69, 9.17) is 1.37 Å². The molecule has 1 unspecified atom stereocenters. The van der Waals surface area contributed by atoms with Crippen molar-refractivity contribution in [2.24, 2.45) is 0 Å². The fourth-order valence-electron chi connectivity index (χ4n) is 3.64. The van der Waals surface area contributed by atoms with Gasteiger partial charge in [-0.05, 0) is 19.3 Å². The molecule has 0 rings (SSSR count). The summed E-state index contributed by atoms with van der Waals surface area (Å²) in [4.78, 5) is 12.0. The molecular formula is C26H51NO3. The molecule has 0 fully saturated rings. The number of hydrogen-bond donors (Lipinski definition) is 3. The Bertz CT molecular complexity index is 429. The van der Waals surface area contributed by atoms with E-state index in [2.05, 4.69) is 19.2 Å². The third-order valence-corrected chi connectivity index (χ3v) is 5.67. The van der Waals surface area contributed by atoms with Crippen LogP contribution in [0.1, 0.15) is 131 Å². The van der Waals surface area contributed by atoms with Crippen LogP contribution in [0, 0.1) is 0 Å². The van der Waals surface area contributed by atoms with Gasteiger partial charge >= 0.3 is 0 Å². The molecule has 0 aromatic carbocycles. The van der Waals surface area contributed by atoms with E-state index < -0.39 is 18.7 Å². The normalized spacial score (nSPS) is 15.1. The van der Waals surface area contributed by atoms with Crippen molar-refractivity contribution in [2.45, 2.75) is 142 Å². The topological polar surface area (TPSA) is 69.6 Å². The standard InChI is InChI=1S/C26H51NO3/c1-3-5-7-9-10-11-12-13-14-15-16-18-19-21-25(29)24(23-28)27-26(30)22-20-17-8-6-4-2/h19,21,24-25,28-29H,3-18,20,22-23H2,1-2H3,(H,27,30)/b21-19+/t24-,25+/m0/s1/i23D/t23?,24-,25+. The average Bonchev–Trinajstić information content (AvgIpc) is 2.74. The van der Waals surface area contributed by atoms with Gasteiger partial charge in [0.25, 0.3) is 0 Å². The zero-order valence-electron chi connectivity index (χ0n) is 20.9. The number of rotatable bonds is 22. The molecule has 0 spiro atoms. The quantitative estimate of drug-likeness (QED) is 0.138. The van der Waals surface area contributed by atoms with E-state index in [0.717, 1.165) is 38.5 Å². The number of carbonyl (C=O) groups excluding carboxylic acids is 1. The van der Waals surface area contributed by atoms with E-state index in [9.17, 15) is 15.0 Å². The molecule has 1 amide bonds. The van der Waals surface area contributed by atoms with Gasteiger partial charge in [-0.3, -0.25) is 4.79 Å². The lowest BCUT2D eigenvalue weighted by molar-refractivity contribution is -0.123. The first kappa shape index (κ1) is 27.2. The van der Waals surface area contributed by atoms with E-state index in [0.29, 0.717) is 6.42 Å². The van der Waals surface area contributed by atoms with Crippen LogP contribution in [0.15, 0.2) is 12.2 Å². The molecule has 0 aliphatic carbocycles. The Morgan fingerprint density at radius 2 is 1.30 bits per heavy atom. The van der Waals surface area contributed by atoms with Crippen molar-refractivity contribution in [3.05, 3.63) is 12.2 Å². The van der Waals surface area contributed by atoms with Crippen molar-refractivity contribution >= 4 is 5.91 Å². The zero-order chi connectivity index (χ0) is 23.2. The van der Waals surface area contributed by atoms with Crippen LogP contribution in [0.4, 0.5) is 0 Å². The van der Waals surface area contributed by atoms with Gasteiger partial charge in [0, 0.05) is 6.42 Å². The Labute approximate surface area is 188 Å². The molecule has 3 atom stereocenters. The minimum atomic E-state index is -1.54. The van der Waals surface area contributed by atoms with Gasteiger partial charge in [-0.15, -0.1) is 0 Å². The summed E-state index contributed by atoms with van der Waals surface area (Å²) in [5, 5.41) is 22.5. The number of aliphatic hydroxyl groups excluding tert-OH is 2. The summed E-state index contributed by atoms with van der Waals surface area (Å²) in [5.41, 5.74) is 0. The summed E-state index contributed by atoms with van der Waals surface area (Å²) in [6, 6.07) is -0.975. The van der Waals surface area contributed by atoms with Crippen LogP contribution >= 0.6 is 0 Å². The summed E-state index contributed by atoms with van der Waals surface area (Å²) in [7, 11) is 0. The number of nitrogens with one attached hydrogen (secondary N) is 1. The first-order valence-corrected chi connectivity index (χ1v) is 12.8. The van der Waals surface area contributed by atoms with Gasteiger partial charge in [0.1, 0.15) is 0 Å². The maximum atomic E-state index is 12.0. The smallest absolute Gasteiger partial charge is 0.220 e. The van der Waals surface area contributed by atoms with Crippen molar-refractivity contribution in [1.82, 2.24) is 5.32 Å². The van der Waals surface area contributed by atoms with Crippen LogP contribution in [0.5, 0.6) is 0 Å². The molecule has 30 heavy (non-hydrogen) atoms. The fourth-order valence-corrected chi connectivity index (χ4v) is 3.64. The molecule has 3 N–H and O–H groups in total. The monoisotopic (exact) mass is 426 g/mol. The molecule has 4 nitrogen and oxygen atoms in total. The largest absolute Gasteiger partial charge is 0.394 e. The Morgan fingerprint density at radius 3 is 1.80 bits per heavy atom. The molecule has 178 valence electrons. The zero-order valence-corrected chi connectivity index (χ0v) is 19.9. The SMILES string of the molecule is [2H]C(O)[C@H](NC(=O)CCCCCCC)[C@H](O)/C=C/CCCCCCCCCCCCC.